The molecule has 192 valence electrons. The Morgan fingerprint density at radius 2 is 1.83 bits per heavy atom. The maximum absolute atomic E-state index is 12.4. The molecule has 2 spiro atoms. The Morgan fingerprint density at radius 3 is 2.54 bits per heavy atom. The number of ether oxygens (including phenoxy) is 2. The highest BCUT2D eigenvalue weighted by Gasteiger charge is 2.83. The topological polar surface area (TPSA) is 72.8 Å². The number of carbonyl (C=O) groups is 2. The van der Waals surface area contributed by atoms with Gasteiger partial charge in [0.25, 0.3) is 0 Å². The van der Waals surface area contributed by atoms with E-state index in [2.05, 4.69) is 32.9 Å². The molecule has 0 aromatic rings. The van der Waals surface area contributed by atoms with E-state index in [4.69, 9.17) is 9.47 Å². The summed E-state index contributed by atoms with van der Waals surface area (Å²) in [5.74, 6) is 0.711. The summed E-state index contributed by atoms with van der Waals surface area (Å²) in [6.45, 7) is 13.1. The van der Waals surface area contributed by atoms with Gasteiger partial charge in [0.05, 0.1) is 6.10 Å². The second kappa shape index (κ2) is 7.02. The maximum atomic E-state index is 12.4. The van der Waals surface area contributed by atoms with E-state index in [1.54, 1.807) is 6.08 Å². The summed E-state index contributed by atoms with van der Waals surface area (Å²) in [6.07, 6.45) is 12.5. The molecule has 4 aliphatic carbocycles. The normalized spacial score (nSPS) is 52.5. The molecule has 5 nitrogen and oxygen atoms in total. The third-order valence-electron chi connectivity index (χ3n) is 12.5. The van der Waals surface area contributed by atoms with Crippen LogP contribution in [0.4, 0.5) is 0 Å². The van der Waals surface area contributed by atoms with Crippen molar-refractivity contribution in [2.75, 3.05) is 0 Å². The van der Waals surface area contributed by atoms with Gasteiger partial charge in [0.2, 0.25) is 0 Å². The van der Waals surface area contributed by atoms with Gasteiger partial charge in [0.1, 0.15) is 11.7 Å². The van der Waals surface area contributed by atoms with Crippen molar-refractivity contribution in [3.05, 3.63) is 23.8 Å². The molecule has 35 heavy (non-hydrogen) atoms. The minimum atomic E-state index is -0.681. The monoisotopic (exact) mass is 482 g/mol. The van der Waals surface area contributed by atoms with Crippen molar-refractivity contribution in [1.29, 1.82) is 0 Å². The first kappa shape index (κ1) is 23.8. The number of hydrogen-bond acceptors (Lipinski definition) is 5. The number of hydrogen-bond donors (Lipinski definition) is 1. The Labute approximate surface area is 209 Å². The molecule has 0 bridgehead atoms. The molecule has 1 N–H and O–H groups in total. The Kier molecular flexibility index (Phi) is 4.77. The first-order valence-electron chi connectivity index (χ1n) is 13.8. The summed E-state index contributed by atoms with van der Waals surface area (Å²) in [5, 5.41) is 11.6. The van der Waals surface area contributed by atoms with Gasteiger partial charge in [-0.2, -0.15) is 0 Å². The minimum absolute atomic E-state index is 0.0476. The molecule has 6 aliphatic rings. The number of rotatable bonds is 2. The zero-order chi connectivity index (χ0) is 25.2. The van der Waals surface area contributed by atoms with Crippen LogP contribution in [0.15, 0.2) is 23.8 Å². The number of carbonyl (C=O) groups excluding carboxylic acids is 2. The lowest BCUT2D eigenvalue weighted by Crippen LogP contribution is -2.59. The van der Waals surface area contributed by atoms with Gasteiger partial charge in [0.15, 0.2) is 0 Å². The lowest BCUT2D eigenvalue weighted by molar-refractivity contribution is -0.188. The average Bonchev–Trinajstić information content (AvgIpc) is 3.37. The average molecular weight is 483 g/mol. The third kappa shape index (κ3) is 2.80. The molecule has 4 saturated carbocycles. The molecule has 2 heterocycles. The fourth-order valence-electron chi connectivity index (χ4n) is 10.7. The minimum Gasteiger partial charge on any atom is -0.458 e. The van der Waals surface area contributed by atoms with Crippen molar-refractivity contribution in [1.82, 2.24) is 0 Å². The Bertz CT molecular complexity index is 1040. The Hall–Kier alpha value is -1.62. The summed E-state index contributed by atoms with van der Waals surface area (Å²) in [7, 11) is 0. The second-order valence-corrected chi connectivity index (χ2v) is 14.0. The molecule has 0 aromatic heterocycles. The molecule has 0 unspecified atom stereocenters. The van der Waals surface area contributed by atoms with Crippen LogP contribution in [0.3, 0.4) is 0 Å². The van der Waals surface area contributed by atoms with Crippen molar-refractivity contribution in [3.63, 3.8) is 0 Å². The van der Waals surface area contributed by atoms with E-state index in [0.29, 0.717) is 17.8 Å². The number of allylic oxidation sites excluding steroid dienone is 1. The molecule has 0 aromatic carbocycles. The largest absolute Gasteiger partial charge is 0.458 e. The number of aliphatic hydroxyl groups is 1. The van der Waals surface area contributed by atoms with Gasteiger partial charge in [-0.05, 0) is 93.3 Å². The summed E-state index contributed by atoms with van der Waals surface area (Å²) < 4.78 is 11.7. The van der Waals surface area contributed by atoms with E-state index in [1.165, 1.54) is 0 Å². The van der Waals surface area contributed by atoms with Crippen LogP contribution < -0.4 is 0 Å². The number of esters is 2. The van der Waals surface area contributed by atoms with Crippen LogP contribution in [0.2, 0.25) is 0 Å². The molecule has 5 heteroatoms. The van der Waals surface area contributed by atoms with E-state index in [1.807, 2.05) is 20.8 Å². The van der Waals surface area contributed by atoms with Crippen LogP contribution in [0.1, 0.15) is 86.5 Å². The number of cyclic esters (lactones) is 2. The highest BCUT2D eigenvalue weighted by atomic mass is 16.6. The fraction of sp³-hybridized carbons (Fsp3) is 0.800. The zero-order valence-electron chi connectivity index (χ0n) is 22.2. The van der Waals surface area contributed by atoms with E-state index in [-0.39, 0.29) is 45.6 Å². The maximum Gasteiger partial charge on any atom is 0.333 e. The smallest absolute Gasteiger partial charge is 0.333 e. The predicted octanol–water partition coefficient (Wildman–Crippen LogP) is 5.37. The van der Waals surface area contributed by atoms with Crippen LogP contribution in [0.5, 0.6) is 0 Å². The first-order valence-corrected chi connectivity index (χ1v) is 13.8. The van der Waals surface area contributed by atoms with E-state index >= 15 is 0 Å². The predicted molar refractivity (Wildman–Crippen MR) is 132 cm³/mol. The standard InChI is InChI=1S/C30H42O5/c1-17-7-8-21(34-25(17)33)18(2)19-9-11-28(6)22-15-20(31)24-26(3,4)35-23(32)10-12-30(24)16-29(22,30)14-13-27(19,28)5/h7,10,12,18-22,24,31H,8-9,11,13-16H2,1-6H3/t18-,19+,20+,21+,22-,24-,27+,28-,29-,30+/m0/s1. The Morgan fingerprint density at radius 1 is 1.09 bits per heavy atom. The molecule has 10 atom stereocenters. The fourth-order valence-corrected chi connectivity index (χ4v) is 10.7. The van der Waals surface area contributed by atoms with Crippen LogP contribution in [0, 0.1) is 45.3 Å². The highest BCUT2D eigenvalue weighted by molar-refractivity contribution is 5.88. The van der Waals surface area contributed by atoms with Crippen molar-refractivity contribution < 1.29 is 24.2 Å². The van der Waals surface area contributed by atoms with Crippen LogP contribution >= 0.6 is 0 Å². The van der Waals surface area contributed by atoms with Crippen LogP contribution in [-0.2, 0) is 19.1 Å². The summed E-state index contributed by atoms with van der Waals surface area (Å²) in [5.41, 5.74) is 0.278. The molecule has 6 rings (SSSR count). The van der Waals surface area contributed by atoms with Gasteiger partial charge in [-0.15, -0.1) is 0 Å². The van der Waals surface area contributed by atoms with Crippen molar-refractivity contribution in [2.24, 2.45) is 45.3 Å². The van der Waals surface area contributed by atoms with Crippen molar-refractivity contribution in [3.8, 4) is 0 Å². The highest BCUT2D eigenvalue weighted by Crippen LogP contribution is 2.87. The van der Waals surface area contributed by atoms with Gasteiger partial charge >= 0.3 is 11.9 Å². The molecular formula is C30H42O5. The summed E-state index contributed by atoms with van der Waals surface area (Å²) in [6, 6.07) is 0. The summed E-state index contributed by atoms with van der Waals surface area (Å²) in [4.78, 5) is 24.7. The van der Waals surface area contributed by atoms with Crippen molar-refractivity contribution >= 4 is 11.9 Å². The SMILES string of the molecule is CC1=CC[C@H]([C@@H](C)[C@H]2CC[C@@]3(C)[C@@H]4C[C@@H](O)[C@H]5C(C)(C)OC(=O)C=C[C@@]56C[C@@]46CC[C@]23C)OC1=O. The van der Waals surface area contributed by atoms with Gasteiger partial charge in [-0.25, -0.2) is 9.59 Å². The quantitative estimate of drug-likeness (QED) is 0.536. The van der Waals surface area contributed by atoms with Crippen LogP contribution in [0.25, 0.3) is 0 Å². The molecule has 0 radical (unpaired) electrons. The van der Waals surface area contributed by atoms with Crippen LogP contribution in [-0.4, -0.2) is 34.9 Å². The third-order valence-corrected chi connectivity index (χ3v) is 12.5. The van der Waals surface area contributed by atoms with Gasteiger partial charge < -0.3 is 14.6 Å². The van der Waals surface area contributed by atoms with Gasteiger partial charge in [-0.1, -0.05) is 32.9 Å². The second-order valence-electron chi connectivity index (χ2n) is 14.0. The lowest BCUT2D eigenvalue weighted by Gasteiger charge is -2.62. The molecule has 4 fully saturated rings. The van der Waals surface area contributed by atoms with Crippen molar-refractivity contribution in [2.45, 2.75) is 104 Å². The molecule has 0 amide bonds. The molecule has 0 saturated heterocycles. The molecule has 2 aliphatic heterocycles. The lowest BCUT2D eigenvalue weighted by atomic mass is 9.43. The van der Waals surface area contributed by atoms with Gasteiger partial charge in [0, 0.05) is 29.4 Å². The number of fused-ring (bicyclic) bond motifs is 2. The molecular weight excluding hydrogens is 440 g/mol. The van der Waals surface area contributed by atoms with Gasteiger partial charge in [-0.3, -0.25) is 0 Å². The Balaban J connectivity index is 1.34. The van der Waals surface area contributed by atoms with E-state index in [0.717, 1.165) is 50.5 Å². The van der Waals surface area contributed by atoms with E-state index < -0.39 is 11.7 Å². The first-order chi connectivity index (χ1) is 16.3. The zero-order valence-corrected chi connectivity index (χ0v) is 22.2. The van der Waals surface area contributed by atoms with E-state index in [9.17, 15) is 14.7 Å². The number of aliphatic hydroxyl groups excluding tert-OH is 1. The summed E-state index contributed by atoms with van der Waals surface area (Å²) >= 11 is 0.